The predicted molar refractivity (Wildman–Crippen MR) is 70.6 cm³/mol. The molecule has 1 aromatic carbocycles. The predicted octanol–water partition coefficient (Wildman–Crippen LogP) is 1.48. The minimum absolute atomic E-state index is 0.0858. The van der Waals surface area contributed by atoms with Crippen LogP contribution in [-0.2, 0) is 10.0 Å². The van der Waals surface area contributed by atoms with Crippen LogP contribution in [0.1, 0.15) is 5.69 Å². The van der Waals surface area contributed by atoms with Crippen molar-refractivity contribution >= 4 is 21.4 Å². The average molecular weight is 292 g/mol. The van der Waals surface area contributed by atoms with Crippen molar-refractivity contribution in [3.63, 3.8) is 0 Å². The number of benzene rings is 1. The molecule has 2 rings (SSSR count). The summed E-state index contributed by atoms with van der Waals surface area (Å²) in [4.78, 5) is 3.47. The number of sulfonamides is 1. The minimum Gasteiger partial charge on any atom is -0.399 e. The lowest BCUT2D eigenvalue weighted by atomic mass is 10.3. The van der Waals surface area contributed by atoms with Crippen molar-refractivity contribution in [3.8, 4) is 6.07 Å². The number of nitrogens with two attached hydrogens (primary N) is 1. The summed E-state index contributed by atoms with van der Waals surface area (Å²) in [5.74, 6) is -0.782. The van der Waals surface area contributed by atoms with Gasteiger partial charge in [-0.15, -0.1) is 0 Å². The van der Waals surface area contributed by atoms with Crippen LogP contribution < -0.4 is 10.5 Å². The topological polar surface area (TPSA) is 109 Å². The molecule has 0 aliphatic rings. The van der Waals surface area contributed by atoms with Gasteiger partial charge in [0.1, 0.15) is 22.5 Å². The fourth-order valence-electron chi connectivity index (χ4n) is 1.42. The molecule has 0 aliphatic carbocycles. The maximum Gasteiger partial charge on any atom is 0.263 e. The van der Waals surface area contributed by atoms with E-state index in [1.807, 2.05) is 0 Å². The Morgan fingerprint density at radius 1 is 1.30 bits per heavy atom. The van der Waals surface area contributed by atoms with Crippen molar-refractivity contribution in [2.75, 3.05) is 10.5 Å². The van der Waals surface area contributed by atoms with E-state index in [9.17, 15) is 12.8 Å². The van der Waals surface area contributed by atoms with Crippen molar-refractivity contribution < 1.29 is 12.8 Å². The Morgan fingerprint density at radius 2 is 2.05 bits per heavy atom. The van der Waals surface area contributed by atoms with E-state index < -0.39 is 15.8 Å². The number of nitrogens with zero attached hydrogens (tertiary/aromatic N) is 2. The highest BCUT2D eigenvalue weighted by molar-refractivity contribution is 7.92. The Kier molecular flexibility index (Phi) is 3.54. The monoisotopic (exact) mass is 292 g/mol. The minimum atomic E-state index is -3.98. The number of nitrogen functional groups attached to an aromatic ring is 1. The Hall–Kier alpha value is -2.66. The second-order valence-corrected chi connectivity index (χ2v) is 5.52. The molecule has 0 bridgehead atoms. The summed E-state index contributed by atoms with van der Waals surface area (Å²) in [6.45, 7) is 0. The van der Waals surface area contributed by atoms with Crippen LogP contribution in [0, 0.1) is 17.1 Å². The lowest BCUT2D eigenvalue weighted by Gasteiger charge is -2.09. The van der Waals surface area contributed by atoms with E-state index in [-0.39, 0.29) is 22.0 Å². The van der Waals surface area contributed by atoms with Gasteiger partial charge in [0, 0.05) is 11.9 Å². The molecular formula is C12H9FN4O2S. The highest BCUT2D eigenvalue weighted by Gasteiger charge is 2.16. The lowest BCUT2D eigenvalue weighted by molar-refractivity contribution is 0.598. The smallest absolute Gasteiger partial charge is 0.263 e. The molecule has 0 fully saturated rings. The van der Waals surface area contributed by atoms with Crippen molar-refractivity contribution in [2.24, 2.45) is 0 Å². The number of nitriles is 1. The number of halogens is 1. The van der Waals surface area contributed by atoms with Gasteiger partial charge in [0.05, 0.1) is 5.69 Å². The number of anilines is 2. The van der Waals surface area contributed by atoms with Gasteiger partial charge < -0.3 is 5.73 Å². The van der Waals surface area contributed by atoms with Crippen LogP contribution in [0.3, 0.4) is 0 Å². The van der Waals surface area contributed by atoms with E-state index in [4.69, 9.17) is 11.0 Å². The summed E-state index contributed by atoms with van der Waals surface area (Å²) >= 11 is 0. The van der Waals surface area contributed by atoms with Crippen molar-refractivity contribution in [1.29, 1.82) is 5.26 Å². The molecule has 0 amide bonds. The summed E-state index contributed by atoms with van der Waals surface area (Å²) in [6, 6.07) is 7.84. The van der Waals surface area contributed by atoms with E-state index in [2.05, 4.69) is 9.71 Å². The fourth-order valence-corrected chi connectivity index (χ4v) is 2.43. The number of aromatic nitrogens is 1. The van der Waals surface area contributed by atoms with Gasteiger partial charge in [0.2, 0.25) is 0 Å². The van der Waals surface area contributed by atoms with Crippen LogP contribution in [0.4, 0.5) is 15.8 Å². The first-order valence-electron chi connectivity index (χ1n) is 5.36. The van der Waals surface area contributed by atoms with Gasteiger partial charge in [-0.25, -0.2) is 17.8 Å². The van der Waals surface area contributed by atoms with Crippen LogP contribution in [0.15, 0.2) is 41.4 Å². The molecule has 102 valence electrons. The highest BCUT2D eigenvalue weighted by atomic mass is 32.2. The van der Waals surface area contributed by atoms with Gasteiger partial charge in [-0.05, 0) is 30.3 Å². The third-order valence-electron chi connectivity index (χ3n) is 2.40. The molecule has 3 N–H and O–H groups in total. The Labute approximate surface area is 114 Å². The highest BCUT2D eigenvalue weighted by Crippen LogP contribution is 2.20. The molecule has 1 aromatic heterocycles. The molecule has 0 saturated heterocycles. The Bertz CT molecular complexity index is 782. The summed E-state index contributed by atoms with van der Waals surface area (Å²) in [5, 5.41) is 8.59. The Morgan fingerprint density at radius 3 is 2.60 bits per heavy atom. The molecule has 1 heterocycles. The van der Waals surface area contributed by atoms with Gasteiger partial charge in [-0.2, -0.15) is 5.26 Å². The molecular weight excluding hydrogens is 283 g/mol. The molecule has 2 aromatic rings. The Balaban J connectivity index is 2.33. The lowest BCUT2D eigenvalue weighted by Crippen LogP contribution is -2.14. The largest absolute Gasteiger partial charge is 0.399 e. The van der Waals surface area contributed by atoms with Crippen molar-refractivity contribution in [3.05, 3.63) is 48.0 Å². The van der Waals surface area contributed by atoms with Crippen molar-refractivity contribution in [1.82, 2.24) is 4.98 Å². The van der Waals surface area contributed by atoms with Gasteiger partial charge in [0.25, 0.3) is 10.0 Å². The zero-order valence-corrected chi connectivity index (χ0v) is 10.9. The first-order valence-corrected chi connectivity index (χ1v) is 6.85. The third-order valence-corrected chi connectivity index (χ3v) is 3.75. The molecule has 0 saturated carbocycles. The molecule has 0 spiro atoms. The SMILES string of the molecule is N#Cc1ccc(S(=O)(=O)Nc2ccc(N)cc2F)cn1. The van der Waals surface area contributed by atoms with Crippen LogP contribution in [0.2, 0.25) is 0 Å². The second kappa shape index (κ2) is 5.14. The summed E-state index contributed by atoms with van der Waals surface area (Å²) in [7, 11) is -3.98. The molecule has 8 heteroatoms. The molecule has 20 heavy (non-hydrogen) atoms. The van der Waals surface area contributed by atoms with E-state index in [0.717, 1.165) is 12.3 Å². The van der Waals surface area contributed by atoms with Crippen LogP contribution >= 0.6 is 0 Å². The zero-order chi connectivity index (χ0) is 14.8. The standard InChI is InChI=1S/C12H9FN4O2S/c13-11-5-8(15)1-4-12(11)17-20(18,19)10-3-2-9(6-14)16-7-10/h1-5,7,17H,15H2. The van der Waals surface area contributed by atoms with E-state index in [1.54, 1.807) is 6.07 Å². The van der Waals surface area contributed by atoms with E-state index >= 15 is 0 Å². The second-order valence-electron chi connectivity index (χ2n) is 3.84. The number of pyridine rings is 1. The first-order chi connectivity index (χ1) is 9.42. The van der Waals surface area contributed by atoms with Gasteiger partial charge in [-0.3, -0.25) is 4.72 Å². The maximum atomic E-state index is 13.5. The maximum absolute atomic E-state index is 13.5. The normalized spacial score (nSPS) is 10.8. The van der Waals surface area contributed by atoms with E-state index in [0.29, 0.717) is 0 Å². The molecule has 0 aliphatic heterocycles. The number of hydrogen-bond donors (Lipinski definition) is 2. The third kappa shape index (κ3) is 2.84. The molecule has 0 unspecified atom stereocenters. The summed E-state index contributed by atoms with van der Waals surface area (Å²) in [5.41, 5.74) is 5.43. The van der Waals surface area contributed by atoms with Crippen LogP contribution in [0.25, 0.3) is 0 Å². The summed E-state index contributed by atoms with van der Waals surface area (Å²) < 4.78 is 39.6. The summed E-state index contributed by atoms with van der Waals surface area (Å²) in [6.07, 6.45) is 1.02. The van der Waals surface area contributed by atoms with Gasteiger partial charge in [0.15, 0.2) is 0 Å². The first kappa shape index (κ1) is 13.8. The average Bonchev–Trinajstić information content (AvgIpc) is 2.42. The number of hydrogen-bond acceptors (Lipinski definition) is 5. The zero-order valence-electron chi connectivity index (χ0n) is 10.0. The number of rotatable bonds is 3. The fraction of sp³-hybridized carbons (Fsp3) is 0. The van der Waals surface area contributed by atoms with Crippen LogP contribution in [-0.4, -0.2) is 13.4 Å². The van der Waals surface area contributed by atoms with E-state index in [1.165, 1.54) is 24.3 Å². The molecule has 0 atom stereocenters. The van der Waals surface area contributed by atoms with Gasteiger partial charge >= 0.3 is 0 Å². The molecule has 6 nitrogen and oxygen atoms in total. The number of nitrogens with one attached hydrogen (secondary N) is 1. The quantitative estimate of drug-likeness (QED) is 0.833. The van der Waals surface area contributed by atoms with Gasteiger partial charge in [-0.1, -0.05) is 0 Å². The van der Waals surface area contributed by atoms with Crippen LogP contribution in [0.5, 0.6) is 0 Å². The van der Waals surface area contributed by atoms with Crippen molar-refractivity contribution in [2.45, 2.75) is 4.90 Å². The molecule has 0 radical (unpaired) electrons.